The molecule has 3 aromatic rings. The fraction of sp³-hybridized carbons (Fsp3) is 0.545. The van der Waals surface area contributed by atoms with Crippen molar-refractivity contribution in [1.82, 2.24) is 20.2 Å². The molecule has 0 atom stereocenters. The first-order valence-electron chi connectivity index (χ1n) is 16.0. The Kier molecular flexibility index (Phi) is 8.96. The number of amides is 2. The highest BCUT2D eigenvalue weighted by Crippen LogP contribution is 2.49. The summed E-state index contributed by atoms with van der Waals surface area (Å²) >= 11 is 0. The molecule has 0 saturated heterocycles. The SMILES string of the molecule is Cc1c(C(=O)N[C@H]2CC[C@H](NC(=O)O)CC2)c2nccc(-c3c(OCC4CC4)ccc4c3OCO4)c2n1COCC[Si](C)(C)C. The summed E-state index contributed by atoms with van der Waals surface area (Å²) < 4.78 is 26.5. The van der Waals surface area contributed by atoms with Crippen LogP contribution < -0.4 is 24.8 Å². The molecule has 0 bridgehead atoms. The van der Waals surface area contributed by atoms with Gasteiger partial charge in [0.05, 0.1) is 23.3 Å². The van der Waals surface area contributed by atoms with Crippen molar-refractivity contribution in [3.8, 4) is 28.4 Å². The maximum atomic E-state index is 14.0. The highest BCUT2D eigenvalue weighted by molar-refractivity contribution is 6.76. The average Bonchev–Trinajstić information content (AvgIpc) is 3.61. The van der Waals surface area contributed by atoms with Crippen LogP contribution in [0.3, 0.4) is 0 Å². The van der Waals surface area contributed by atoms with Crippen molar-refractivity contribution in [2.45, 2.75) is 89.9 Å². The van der Waals surface area contributed by atoms with Gasteiger partial charge in [0.2, 0.25) is 6.79 Å². The van der Waals surface area contributed by atoms with E-state index < -0.39 is 14.2 Å². The molecule has 1 aromatic carbocycles. The van der Waals surface area contributed by atoms with E-state index in [0.29, 0.717) is 73.1 Å². The third-order valence-corrected chi connectivity index (χ3v) is 10.7. The van der Waals surface area contributed by atoms with Crippen molar-refractivity contribution >= 4 is 31.1 Å². The van der Waals surface area contributed by atoms with Crippen LogP contribution in [0.1, 0.15) is 54.6 Å². The molecule has 3 N–H and O–H groups in total. The Morgan fingerprint density at radius 1 is 1.04 bits per heavy atom. The summed E-state index contributed by atoms with van der Waals surface area (Å²) in [6.07, 6.45) is 5.81. The number of nitrogens with one attached hydrogen (secondary N) is 2. The zero-order chi connectivity index (χ0) is 31.7. The van der Waals surface area contributed by atoms with Crippen LogP contribution >= 0.6 is 0 Å². The molecule has 3 aliphatic rings. The second-order valence-corrected chi connectivity index (χ2v) is 19.3. The molecule has 6 rings (SSSR count). The molecule has 0 spiro atoms. The van der Waals surface area contributed by atoms with Crippen LogP contribution in [-0.4, -0.2) is 66.8 Å². The molecule has 11 nitrogen and oxygen atoms in total. The van der Waals surface area contributed by atoms with Crippen LogP contribution in [0.4, 0.5) is 4.79 Å². The van der Waals surface area contributed by atoms with Gasteiger partial charge in [0.1, 0.15) is 18.0 Å². The minimum Gasteiger partial charge on any atom is -0.493 e. The van der Waals surface area contributed by atoms with E-state index in [1.807, 2.05) is 29.7 Å². The lowest BCUT2D eigenvalue weighted by Crippen LogP contribution is -2.43. The Bertz CT molecular complexity index is 1570. The minimum atomic E-state index is -1.31. The molecule has 0 radical (unpaired) electrons. The van der Waals surface area contributed by atoms with Gasteiger partial charge >= 0.3 is 6.09 Å². The first-order chi connectivity index (χ1) is 21.6. The molecule has 2 amide bonds. The highest BCUT2D eigenvalue weighted by atomic mass is 28.3. The third kappa shape index (κ3) is 7.06. The monoisotopic (exact) mass is 636 g/mol. The van der Waals surface area contributed by atoms with Gasteiger partial charge in [0.25, 0.3) is 5.91 Å². The van der Waals surface area contributed by atoms with Gasteiger partial charge in [-0.25, -0.2) is 4.79 Å². The number of ether oxygens (including phenoxy) is 4. The van der Waals surface area contributed by atoms with Crippen LogP contribution in [0, 0.1) is 12.8 Å². The molecule has 2 saturated carbocycles. The lowest BCUT2D eigenvalue weighted by atomic mass is 9.91. The summed E-state index contributed by atoms with van der Waals surface area (Å²) in [5.41, 5.74) is 4.27. The van der Waals surface area contributed by atoms with Crippen molar-refractivity contribution in [2.24, 2.45) is 5.92 Å². The lowest BCUT2D eigenvalue weighted by Gasteiger charge is -2.28. The second kappa shape index (κ2) is 12.9. The zero-order valence-electron chi connectivity index (χ0n) is 26.6. The maximum absolute atomic E-state index is 14.0. The summed E-state index contributed by atoms with van der Waals surface area (Å²) in [7, 11) is -1.31. The van der Waals surface area contributed by atoms with Gasteiger partial charge in [0.15, 0.2) is 11.5 Å². The van der Waals surface area contributed by atoms with Crippen LogP contribution in [-0.2, 0) is 11.5 Å². The molecule has 3 heterocycles. The van der Waals surface area contributed by atoms with Crippen LogP contribution in [0.25, 0.3) is 22.2 Å². The van der Waals surface area contributed by atoms with E-state index in [4.69, 9.17) is 29.0 Å². The summed E-state index contributed by atoms with van der Waals surface area (Å²) in [5, 5.41) is 14.9. The van der Waals surface area contributed by atoms with Gasteiger partial charge in [-0.15, -0.1) is 0 Å². The molecule has 12 heteroatoms. The fourth-order valence-electron chi connectivity index (χ4n) is 6.19. The number of carbonyl (C=O) groups excluding carboxylic acids is 1. The van der Waals surface area contributed by atoms with Gasteiger partial charge < -0.3 is 39.3 Å². The molecule has 2 fully saturated rings. The number of carboxylic acid groups (broad SMARTS) is 1. The number of nitrogens with zero attached hydrogens (tertiary/aromatic N) is 2. The summed E-state index contributed by atoms with van der Waals surface area (Å²) in [4.78, 5) is 29.8. The van der Waals surface area contributed by atoms with Gasteiger partial charge in [-0.05, 0) is 75.6 Å². The Hall–Kier alpha value is -3.77. The number of hydrogen-bond donors (Lipinski definition) is 3. The molecule has 45 heavy (non-hydrogen) atoms. The summed E-state index contributed by atoms with van der Waals surface area (Å²) in [5.74, 6) is 2.36. The molecule has 2 aliphatic carbocycles. The van der Waals surface area contributed by atoms with Crippen LogP contribution in [0.5, 0.6) is 17.2 Å². The van der Waals surface area contributed by atoms with Crippen molar-refractivity contribution in [1.29, 1.82) is 0 Å². The maximum Gasteiger partial charge on any atom is 0.404 e. The topological polar surface area (TPSA) is 133 Å². The quantitative estimate of drug-likeness (QED) is 0.159. The third-order valence-electron chi connectivity index (χ3n) is 8.97. The lowest BCUT2D eigenvalue weighted by molar-refractivity contribution is 0.0877. The molecular weight excluding hydrogens is 592 g/mol. The van der Waals surface area contributed by atoms with Gasteiger partial charge in [-0.1, -0.05) is 19.6 Å². The molecule has 0 unspecified atom stereocenters. The second-order valence-electron chi connectivity index (χ2n) is 13.7. The average molecular weight is 637 g/mol. The standard InChI is InChI=1S/C33H44N4O7Si/c1-20-27(32(38)35-22-7-9-23(10-8-22)36-33(39)40)29-30(37(20)18-41-15-16-45(2,3)4)24(13-14-34-29)28-25(42-17-21-5-6-21)11-12-26-31(28)44-19-43-26/h11-14,21-23,36H,5-10,15-19H2,1-4H3,(H,35,38)(H,39,40)/t22-,23-. The Labute approximate surface area is 264 Å². The molecule has 1 aliphatic heterocycles. The van der Waals surface area contributed by atoms with E-state index >= 15 is 0 Å². The molecular formula is C33H44N4O7Si. The first-order valence-corrected chi connectivity index (χ1v) is 19.7. The highest BCUT2D eigenvalue weighted by Gasteiger charge is 2.31. The van der Waals surface area contributed by atoms with E-state index in [2.05, 4.69) is 30.3 Å². The number of aromatic nitrogens is 2. The van der Waals surface area contributed by atoms with Crippen molar-refractivity contribution in [3.63, 3.8) is 0 Å². The number of benzene rings is 1. The minimum absolute atomic E-state index is 0.0521. The smallest absolute Gasteiger partial charge is 0.404 e. The van der Waals surface area contributed by atoms with Gasteiger partial charge in [0, 0.05) is 44.2 Å². The van der Waals surface area contributed by atoms with Crippen LogP contribution in [0.15, 0.2) is 24.4 Å². The Morgan fingerprint density at radius 2 is 1.78 bits per heavy atom. The number of hydrogen-bond acceptors (Lipinski definition) is 7. The largest absolute Gasteiger partial charge is 0.493 e. The van der Waals surface area contributed by atoms with Crippen molar-refractivity contribution in [2.75, 3.05) is 20.0 Å². The number of fused-ring (bicyclic) bond motifs is 2. The molecule has 242 valence electrons. The van der Waals surface area contributed by atoms with Crippen molar-refractivity contribution < 1.29 is 33.6 Å². The number of carbonyl (C=O) groups is 2. The normalized spacial score (nSPS) is 19.5. The zero-order valence-corrected chi connectivity index (χ0v) is 27.6. The fourth-order valence-corrected chi connectivity index (χ4v) is 6.95. The summed E-state index contributed by atoms with van der Waals surface area (Å²) in [6.45, 7) is 10.6. The van der Waals surface area contributed by atoms with Crippen LogP contribution in [0.2, 0.25) is 25.7 Å². The molecule has 2 aromatic heterocycles. The van der Waals surface area contributed by atoms with E-state index in [1.165, 1.54) is 12.8 Å². The Balaban J connectivity index is 1.38. The van der Waals surface area contributed by atoms with Gasteiger partial charge in [-0.3, -0.25) is 9.78 Å². The first kappa shape index (κ1) is 31.2. The predicted octanol–water partition coefficient (Wildman–Crippen LogP) is 6.15. The van der Waals surface area contributed by atoms with E-state index in [1.54, 1.807) is 6.20 Å². The number of pyridine rings is 1. The van der Waals surface area contributed by atoms with E-state index in [-0.39, 0.29) is 31.5 Å². The van der Waals surface area contributed by atoms with E-state index in [9.17, 15) is 9.59 Å². The summed E-state index contributed by atoms with van der Waals surface area (Å²) in [6, 6.07) is 6.65. The van der Waals surface area contributed by atoms with Gasteiger partial charge in [-0.2, -0.15) is 0 Å². The predicted molar refractivity (Wildman–Crippen MR) is 173 cm³/mol. The van der Waals surface area contributed by atoms with Crippen molar-refractivity contribution in [3.05, 3.63) is 35.7 Å². The number of rotatable bonds is 12. The Morgan fingerprint density at radius 3 is 2.47 bits per heavy atom. The van der Waals surface area contributed by atoms with E-state index in [0.717, 1.165) is 28.4 Å².